The van der Waals surface area contributed by atoms with E-state index in [1.807, 2.05) is 18.2 Å². The molecule has 1 unspecified atom stereocenters. The Morgan fingerprint density at radius 3 is 2.58 bits per heavy atom. The molecule has 31 heavy (non-hydrogen) atoms. The average molecular weight is 540 g/mol. The van der Waals surface area contributed by atoms with Crippen molar-refractivity contribution in [3.63, 3.8) is 0 Å². The van der Waals surface area contributed by atoms with Crippen molar-refractivity contribution >= 4 is 29.9 Å². The summed E-state index contributed by atoms with van der Waals surface area (Å²) in [7, 11) is 1.80. The summed E-state index contributed by atoms with van der Waals surface area (Å²) in [5, 5.41) is 6.88. The largest absolute Gasteiger partial charge is 0.490 e. The standard InChI is InChI=1S/C23H32N4O3.HI/c1-24-23(25-16-18-8-9-21-22(15-18)30-14-6-13-29-21)26-17-19(20-7-5-12-28-20)27-10-3-2-4-11-27;/h5,7-9,12,15,19H,2-4,6,10-11,13-14,16-17H2,1H3,(H2,24,25,26);1H. The summed E-state index contributed by atoms with van der Waals surface area (Å²) in [6.45, 7) is 5.01. The first-order valence-electron chi connectivity index (χ1n) is 10.9. The molecule has 7 nitrogen and oxygen atoms in total. The van der Waals surface area contributed by atoms with Crippen LogP contribution in [0.15, 0.2) is 46.0 Å². The van der Waals surface area contributed by atoms with Crippen LogP contribution < -0.4 is 20.1 Å². The molecule has 2 aliphatic heterocycles. The molecule has 3 heterocycles. The molecule has 1 fully saturated rings. The Morgan fingerprint density at radius 2 is 1.84 bits per heavy atom. The maximum Gasteiger partial charge on any atom is 0.191 e. The van der Waals surface area contributed by atoms with Gasteiger partial charge in [0.1, 0.15) is 5.76 Å². The second-order valence-electron chi connectivity index (χ2n) is 7.77. The number of hydrogen-bond donors (Lipinski definition) is 2. The van der Waals surface area contributed by atoms with Gasteiger partial charge in [0.05, 0.1) is 25.5 Å². The number of rotatable bonds is 6. The van der Waals surface area contributed by atoms with Gasteiger partial charge in [-0.1, -0.05) is 12.5 Å². The first-order valence-corrected chi connectivity index (χ1v) is 10.9. The molecular weight excluding hydrogens is 507 g/mol. The molecule has 1 aromatic heterocycles. The number of ether oxygens (including phenoxy) is 2. The van der Waals surface area contributed by atoms with Crippen molar-refractivity contribution in [1.29, 1.82) is 0 Å². The Balaban J connectivity index is 0.00000272. The minimum absolute atomic E-state index is 0. The number of likely N-dealkylation sites (tertiary alicyclic amines) is 1. The first kappa shape index (κ1) is 23.7. The van der Waals surface area contributed by atoms with Crippen molar-refractivity contribution < 1.29 is 13.9 Å². The molecule has 170 valence electrons. The summed E-state index contributed by atoms with van der Waals surface area (Å²) in [4.78, 5) is 6.90. The zero-order valence-corrected chi connectivity index (χ0v) is 20.5. The number of nitrogens with one attached hydrogen (secondary N) is 2. The fraction of sp³-hybridized carbons (Fsp3) is 0.522. The Hall–Kier alpha value is -1.94. The highest BCUT2D eigenvalue weighted by Gasteiger charge is 2.24. The van der Waals surface area contributed by atoms with E-state index in [4.69, 9.17) is 13.9 Å². The van der Waals surface area contributed by atoms with Gasteiger partial charge in [0.25, 0.3) is 0 Å². The number of halogens is 1. The Labute approximate surface area is 201 Å². The first-order chi connectivity index (χ1) is 14.8. The van der Waals surface area contributed by atoms with Crippen LogP contribution >= 0.6 is 24.0 Å². The molecular formula is C23H33IN4O3. The summed E-state index contributed by atoms with van der Waals surface area (Å²) in [6, 6.07) is 10.3. The van der Waals surface area contributed by atoms with Crippen LogP contribution in [0.5, 0.6) is 11.5 Å². The van der Waals surface area contributed by atoms with Crippen LogP contribution in [0.2, 0.25) is 0 Å². The molecule has 1 saturated heterocycles. The molecule has 0 saturated carbocycles. The Bertz CT molecular complexity index is 822. The van der Waals surface area contributed by atoms with Gasteiger partial charge in [0.2, 0.25) is 0 Å². The minimum Gasteiger partial charge on any atom is -0.490 e. The normalized spacial score (nSPS) is 17.9. The number of nitrogens with zero attached hydrogens (tertiary/aromatic N) is 2. The fourth-order valence-corrected chi connectivity index (χ4v) is 4.04. The Kier molecular flexibility index (Phi) is 9.32. The van der Waals surface area contributed by atoms with Crippen LogP contribution in [0.3, 0.4) is 0 Å². The van der Waals surface area contributed by atoms with E-state index >= 15 is 0 Å². The second-order valence-corrected chi connectivity index (χ2v) is 7.77. The van der Waals surface area contributed by atoms with Crippen LogP contribution in [0, 0.1) is 0 Å². The molecule has 0 radical (unpaired) electrons. The highest BCUT2D eigenvalue weighted by Crippen LogP contribution is 2.30. The molecule has 2 N–H and O–H groups in total. The number of fused-ring (bicyclic) bond motifs is 1. The van der Waals surface area contributed by atoms with Gasteiger partial charge in [-0.05, 0) is 55.8 Å². The summed E-state index contributed by atoms with van der Waals surface area (Å²) in [6.07, 6.45) is 6.46. The molecule has 1 aromatic carbocycles. The number of piperidine rings is 1. The molecule has 4 rings (SSSR count). The molecule has 0 bridgehead atoms. The van der Waals surface area contributed by atoms with Crippen LogP contribution in [-0.2, 0) is 6.54 Å². The van der Waals surface area contributed by atoms with Gasteiger partial charge in [0, 0.05) is 26.6 Å². The molecule has 0 amide bonds. The summed E-state index contributed by atoms with van der Waals surface area (Å²) in [5.41, 5.74) is 1.13. The maximum atomic E-state index is 5.80. The molecule has 0 aliphatic carbocycles. The van der Waals surface area contributed by atoms with E-state index < -0.39 is 0 Å². The molecule has 8 heteroatoms. The minimum atomic E-state index is 0. The van der Waals surface area contributed by atoms with E-state index in [0.29, 0.717) is 19.8 Å². The van der Waals surface area contributed by atoms with E-state index in [0.717, 1.165) is 54.8 Å². The number of furan rings is 1. The summed E-state index contributed by atoms with van der Waals surface area (Å²) < 4.78 is 17.2. The van der Waals surface area contributed by atoms with Gasteiger partial charge in [-0.25, -0.2) is 0 Å². The monoisotopic (exact) mass is 540 g/mol. The lowest BCUT2D eigenvalue weighted by Crippen LogP contribution is -2.44. The van der Waals surface area contributed by atoms with Gasteiger partial charge in [0.15, 0.2) is 17.5 Å². The molecule has 0 spiro atoms. The van der Waals surface area contributed by atoms with Gasteiger partial charge in [-0.2, -0.15) is 0 Å². The van der Waals surface area contributed by atoms with Gasteiger partial charge >= 0.3 is 0 Å². The topological polar surface area (TPSA) is 71.3 Å². The summed E-state index contributed by atoms with van der Waals surface area (Å²) >= 11 is 0. The summed E-state index contributed by atoms with van der Waals surface area (Å²) in [5.74, 6) is 3.41. The van der Waals surface area contributed by atoms with Crippen LogP contribution in [-0.4, -0.2) is 50.8 Å². The van der Waals surface area contributed by atoms with Crippen molar-refractivity contribution in [3.8, 4) is 11.5 Å². The van der Waals surface area contributed by atoms with Crippen LogP contribution in [0.1, 0.15) is 43.0 Å². The van der Waals surface area contributed by atoms with Crippen molar-refractivity contribution in [1.82, 2.24) is 15.5 Å². The predicted octanol–water partition coefficient (Wildman–Crippen LogP) is 3.95. The van der Waals surface area contributed by atoms with Crippen LogP contribution in [0.25, 0.3) is 0 Å². The lowest BCUT2D eigenvalue weighted by atomic mass is 10.1. The lowest BCUT2D eigenvalue weighted by Gasteiger charge is -2.33. The molecule has 1 atom stereocenters. The van der Waals surface area contributed by atoms with E-state index in [2.05, 4.69) is 32.7 Å². The zero-order chi connectivity index (χ0) is 20.6. The average Bonchev–Trinajstić information content (AvgIpc) is 3.21. The number of hydrogen-bond acceptors (Lipinski definition) is 5. The van der Waals surface area contributed by atoms with Crippen molar-refractivity contribution in [2.45, 2.75) is 38.3 Å². The molecule has 2 aliphatic rings. The third-order valence-electron chi connectivity index (χ3n) is 5.66. The van der Waals surface area contributed by atoms with E-state index in [-0.39, 0.29) is 30.0 Å². The van der Waals surface area contributed by atoms with E-state index in [1.54, 1.807) is 13.3 Å². The third-order valence-corrected chi connectivity index (χ3v) is 5.66. The van der Waals surface area contributed by atoms with E-state index in [9.17, 15) is 0 Å². The highest BCUT2D eigenvalue weighted by atomic mass is 127. The lowest BCUT2D eigenvalue weighted by molar-refractivity contribution is 0.146. The van der Waals surface area contributed by atoms with Gasteiger partial charge in [-0.15, -0.1) is 24.0 Å². The van der Waals surface area contributed by atoms with Gasteiger partial charge in [-0.3, -0.25) is 9.89 Å². The van der Waals surface area contributed by atoms with Crippen LogP contribution in [0.4, 0.5) is 0 Å². The van der Waals surface area contributed by atoms with Crippen molar-refractivity contribution in [2.75, 3.05) is 39.9 Å². The van der Waals surface area contributed by atoms with Crippen molar-refractivity contribution in [2.24, 2.45) is 4.99 Å². The van der Waals surface area contributed by atoms with Gasteiger partial charge < -0.3 is 24.5 Å². The number of guanidine groups is 1. The number of benzene rings is 1. The Morgan fingerprint density at radius 1 is 1.03 bits per heavy atom. The maximum absolute atomic E-state index is 5.80. The third kappa shape index (κ3) is 6.52. The SMILES string of the molecule is CN=C(NCc1ccc2c(c1)OCCCO2)NCC(c1ccco1)N1CCCCC1.I. The molecule has 2 aromatic rings. The van der Waals surface area contributed by atoms with Crippen molar-refractivity contribution in [3.05, 3.63) is 47.9 Å². The zero-order valence-electron chi connectivity index (χ0n) is 18.1. The highest BCUT2D eigenvalue weighted by molar-refractivity contribution is 14.0. The fourth-order valence-electron chi connectivity index (χ4n) is 4.04. The van der Waals surface area contributed by atoms with E-state index in [1.165, 1.54) is 19.3 Å². The quantitative estimate of drug-likeness (QED) is 0.329. The predicted molar refractivity (Wildman–Crippen MR) is 133 cm³/mol. The smallest absolute Gasteiger partial charge is 0.191 e. The number of aliphatic imine (C=N–C) groups is 1. The second kappa shape index (κ2) is 12.2.